The summed E-state index contributed by atoms with van der Waals surface area (Å²) in [5.74, 6) is 1.21. The normalized spacial score (nSPS) is 15.5. The molecule has 0 aliphatic heterocycles. The number of fused-ring (bicyclic) bond motifs is 1. The molecule has 0 saturated heterocycles. The molecule has 3 aromatic rings. The first-order valence-corrected chi connectivity index (χ1v) is 9.76. The Morgan fingerprint density at radius 2 is 1.97 bits per heavy atom. The summed E-state index contributed by atoms with van der Waals surface area (Å²) in [7, 11) is 5.05. The van der Waals surface area contributed by atoms with Crippen LogP contribution in [0.2, 0.25) is 0 Å². The molecule has 6 heteroatoms. The van der Waals surface area contributed by atoms with E-state index >= 15 is 0 Å². The van der Waals surface area contributed by atoms with Crippen LogP contribution in [0, 0.1) is 0 Å². The van der Waals surface area contributed by atoms with Crippen LogP contribution in [-0.4, -0.2) is 29.9 Å². The average Bonchev–Trinajstić information content (AvgIpc) is 3.15. The van der Waals surface area contributed by atoms with Gasteiger partial charge in [0.05, 0.1) is 26.0 Å². The molecule has 1 aliphatic rings. The van der Waals surface area contributed by atoms with Gasteiger partial charge in [-0.15, -0.1) is 0 Å². The number of methoxy groups -OCH3 is 2. The van der Waals surface area contributed by atoms with E-state index in [4.69, 9.17) is 9.47 Å². The van der Waals surface area contributed by atoms with Crippen molar-refractivity contribution in [3.8, 4) is 22.8 Å². The Kier molecular flexibility index (Phi) is 5.25. The zero-order valence-electron chi connectivity index (χ0n) is 16.9. The van der Waals surface area contributed by atoms with Gasteiger partial charge < -0.3 is 14.8 Å². The Labute approximate surface area is 170 Å². The lowest BCUT2D eigenvalue weighted by Gasteiger charge is -2.26. The molecule has 4 rings (SSSR count). The number of hydrogen-bond donors (Lipinski definition) is 1. The number of ether oxygens (including phenoxy) is 2. The molecule has 2 aromatic carbocycles. The zero-order chi connectivity index (χ0) is 20.4. The number of nitrogens with one attached hydrogen (secondary N) is 1. The predicted octanol–water partition coefficient (Wildman–Crippen LogP) is 3.91. The lowest BCUT2D eigenvalue weighted by Crippen LogP contribution is -2.31. The van der Waals surface area contributed by atoms with Crippen molar-refractivity contribution in [3.05, 3.63) is 65.4 Å². The van der Waals surface area contributed by atoms with Crippen molar-refractivity contribution < 1.29 is 14.3 Å². The summed E-state index contributed by atoms with van der Waals surface area (Å²) in [6.45, 7) is 0. The van der Waals surface area contributed by atoms with Gasteiger partial charge in [-0.3, -0.25) is 9.48 Å². The third-order valence-electron chi connectivity index (χ3n) is 5.47. The highest BCUT2D eigenvalue weighted by Crippen LogP contribution is 2.34. The largest absolute Gasteiger partial charge is 0.497 e. The molecule has 0 bridgehead atoms. The molecule has 0 fully saturated rings. The zero-order valence-corrected chi connectivity index (χ0v) is 16.9. The number of carbonyl (C=O) groups is 1. The third kappa shape index (κ3) is 3.70. The number of aryl methyl sites for hydroxylation is 2. The van der Waals surface area contributed by atoms with E-state index in [9.17, 15) is 4.79 Å². The molecule has 29 heavy (non-hydrogen) atoms. The standard InChI is InChI=1S/C23H25N3O3/c1-26-21(18-12-11-16(28-2)13-22(18)29-3)14-20(25-26)23(27)24-19-10-6-8-15-7-4-5-9-17(15)19/h4-5,7,9,11-14,19H,6,8,10H2,1-3H3,(H,24,27)/t19-/m1/s1. The van der Waals surface area contributed by atoms with Gasteiger partial charge in [0.25, 0.3) is 5.91 Å². The summed E-state index contributed by atoms with van der Waals surface area (Å²) in [4.78, 5) is 12.9. The molecule has 1 N–H and O–H groups in total. The van der Waals surface area contributed by atoms with Gasteiger partial charge in [0.15, 0.2) is 5.69 Å². The molecule has 1 amide bonds. The first-order valence-electron chi connectivity index (χ1n) is 9.76. The summed E-state index contributed by atoms with van der Waals surface area (Å²) in [5, 5.41) is 7.61. The second-order valence-corrected chi connectivity index (χ2v) is 7.22. The van der Waals surface area contributed by atoms with Gasteiger partial charge >= 0.3 is 0 Å². The molecule has 0 radical (unpaired) electrons. The number of rotatable bonds is 5. The van der Waals surface area contributed by atoms with Gasteiger partial charge in [0.2, 0.25) is 0 Å². The highest BCUT2D eigenvalue weighted by molar-refractivity contribution is 5.94. The van der Waals surface area contributed by atoms with Crippen LogP contribution in [0.25, 0.3) is 11.3 Å². The fourth-order valence-corrected chi connectivity index (χ4v) is 3.98. The Hall–Kier alpha value is -3.28. The maximum atomic E-state index is 12.9. The van der Waals surface area contributed by atoms with E-state index in [1.807, 2.05) is 31.3 Å². The van der Waals surface area contributed by atoms with E-state index in [0.29, 0.717) is 17.2 Å². The maximum absolute atomic E-state index is 12.9. The minimum absolute atomic E-state index is 0.0217. The summed E-state index contributed by atoms with van der Waals surface area (Å²) in [6, 6.07) is 15.7. The molecule has 0 saturated carbocycles. The molecular formula is C23H25N3O3. The van der Waals surface area contributed by atoms with Gasteiger partial charge in [0, 0.05) is 18.7 Å². The first kappa shape index (κ1) is 19.1. The predicted molar refractivity (Wildman–Crippen MR) is 111 cm³/mol. The quantitative estimate of drug-likeness (QED) is 0.716. The second kappa shape index (κ2) is 7.99. The monoisotopic (exact) mass is 391 g/mol. The van der Waals surface area contributed by atoms with Crippen molar-refractivity contribution in [2.45, 2.75) is 25.3 Å². The maximum Gasteiger partial charge on any atom is 0.272 e. The molecule has 1 aromatic heterocycles. The highest BCUT2D eigenvalue weighted by atomic mass is 16.5. The van der Waals surface area contributed by atoms with E-state index in [1.54, 1.807) is 25.0 Å². The molecule has 150 valence electrons. The van der Waals surface area contributed by atoms with Crippen LogP contribution in [0.5, 0.6) is 11.5 Å². The Morgan fingerprint density at radius 1 is 1.14 bits per heavy atom. The van der Waals surface area contributed by atoms with Gasteiger partial charge in [0.1, 0.15) is 11.5 Å². The fourth-order valence-electron chi connectivity index (χ4n) is 3.98. The van der Waals surface area contributed by atoms with E-state index in [0.717, 1.165) is 30.5 Å². The summed E-state index contributed by atoms with van der Waals surface area (Å²) < 4.78 is 12.5. The molecule has 0 spiro atoms. The van der Waals surface area contributed by atoms with E-state index < -0.39 is 0 Å². The number of amides is 1. The third-order valence-corrected chi connectivity index (χ3v) is 5.47. The molecule has 6 nitrogen and oxygen atoms in total. The number of aromatic nitrogens is 2. The molecule has 0 unspecified atom stereocenters. The van der Waals surface area contributed by atoms with Crippen molar-refractivity contribution in [1.29, 1.82) is 0 Å². The highest BCUT2D eigenvalue weighted by Gasteiger charge is 2.24. The molecule has 1 atom stereocenters. The average molecular weight is 391 g/mol. The number of carbonyl (C=O) groups excluding carboxylic acids is 1. The van der Waals surface area contributed by atoms with Crippen LogP contribution in [-0.2, 0) is 13.5 Å². The minimum Gasteiger partial charge on any atom is -0.497 e. The molecule has 1 heterocycles. The Bertz CT molecular complexity index is 1040. The summed E-state index contributed by atoms with van der Waals surface area (Å²) >= 11 is 0. The van der Waals surface area contributed by atoms with Gasteiger partial charge in [-0.05, 0) is 48.6 Å². The van der Waals surface area contributed by atoms with Gasteiger partial charge in [-0.2, -0.15) is 5.10 Å². The van der Waals surface area contributed by atoms with Crippen LogP contribution in [0.15, 0.2) is 48.5 Å². The Morgan fingerprint density at radius 3 is 2.76 bits per heavy atom. The minimum atomic E-state index is -0.166. The van der Waals surface area contributed by atoms with Crippen LogP contribution < -0.4 is 14.8 Å². The lowest BCUT2D eigenvalue weighted by molar-refractivity contribution is 0.0927. The van der Waals surface area contributed by atoms with Gasteiger partial charge in [-0.1, -0.05) is 24.3 Å². The number of hydrogen-bond acceptors (Lipinski definition) is 4. The van der Waals surface area contributed by atoms with Crippen molar-refractivity contribution in [3.63, 3.8) is 0 Å². The Balaban J connectivity index is 1.60. The number of nitrogens with zero attached hydrogens (tertiary/aromatic N) is 2. The van der Waals surface area contributed by atoms with Crippen molar-refractivity contribution in [2.24, 2.45) is 7.05 Å². The van der Waals surface area contributed by atoms with E-state index in [-0.39, 0.29) is 11.9 Å². The van der Waals surface area contributed by atoms with Crippen LogP contribution in [0.4, 0.5) is 0 Å². The van der Waals surface area contributed by atoms with E-state index in [2.05, 4.69) is 28.6 Å². The lowest BCUT2D eigenvalue weighted by atomic mass is 9.87. The summed E-state index contributed by atoms with van der Waals surface area (Å²) in [6.07, 6.45) is 3.07. The van der Waals surface area contributed by atoms with E-state index in [1.165, 1.54) is 11.1 Å². The smallest absolute Gasteiger partial charge is 0.272 e. The van der Waals surface area contributed by atoms with Gasteiger partial charge in [-0.25, -0.2) is 0 Å². The van der Waals surface area contributed by atoms with Crippen LogP contribution in [0.3, 0.4) is 0 Å². The first-order chi connectivity index (χ1) is 14.1. The second-order valence-electron chi connectivity index (χ2n) is 7.22. The van der Waals surface area contributed by atoms with Crippen molar-refractivity contribution in [2.75, 3.05) is 14.2 Å². The topological polar surface area (TPSA) is 65.4 Å². The summed E-state index contributed by atoms with van der Waals surface area (Å²) in [5.41, 5.74) is 4.57. The fraction of sp³-hybridized carbons (Fsp3) is 0.304. The number of benzene rings is 2. The molecular weight excluding hydrogens is 366 g/mol. The molecule has 1 aliphatic carbocycles. The van der Waals surface area contributed by atoms with Crippen molar-refractivity contribution in [1.82, 2.24) is 15.1 Å². The van der Waals surface area contributed by atoms with Crippen molar-refractivity contribution >= 4 is 5.91 Å². The SMILES string of the molecule is COc1ccc(-c2cc(C(=O)N[C@@H]3CCCc4ccccc43)nn2C)c(OC)c1. The van der Waals surface area contributed by atoms with Crippen LogP contribution in [0.1, 0.15) is 40.5 Å². The van der Waals surface area contributed by atoms with Crippen LogP contribution >= 0.6 is 0 Å².